The fraction of sp³-hybridized carbons (Fsp3) is 0.0909. The molecule has 0 fully saturated rings. The van der Waals surface area contributed by atoms with E-state index in [1.807, 2.05) is 0 Å². The van der Waals surface area contributed by atoms with Gasteiger partial charge in [0.2, 0.25) is 6.08 Å². The molecule has 0 atom stereocenters. The Morgan fingerprint density at radius 1 is 1.60 bits per heavy atom. The van der Waals surface area contributed by atoms with Crippen LogP contribution in [0, 0.1) is 6.92 Å². The normalized spacial score (nSPS) is 8.87. The van der Waals surface area contributed by atoms with Gasteiger partial charge in [0.05, 0.1) is 5.69 Å². The van der Waals surface area contributed by atoms with E-state index in [2.05, 4.69) is 11.6 Å². The second-order valence-corrected chi connectivity index (χ2v) is 2.78. The third-order valence-electron chi connectivity index (χ3n) is 1.71. The van der Waals surface area contributed by atoms with E-state index in [0.29, 0.717) is 17.0 Å². The number of ether oxygens (including phenoxy) is 1. The van der Waals surface area contributed by atoms with Gasteiger partial charge in [0.25, 0.3) is 0 Å². The number of nitrogens with zero attached hydrogens (tertiary/aromatic N) is 1. The van der Waals surface area contributed by atoms with E-state index < -0.39 is 5.97 Å². The first kappa shape index (κ1) is 10.9. The minimum atomic E-state index is -0.523. The molecule has 0 unspecified atom stereocenters. The molecule has 0 N–H and O–H groups in total. The minimum absolute atomic E-state index is 0.421. The standard InChI is InChI=1S/C11H9NO3/c1-3-11(14)15-10-5-4-9(12-7-13)6-8(10)2/h3-6H,1H2,2H3. The highest BCUT2D eigenvalue weighted by Crippen LogP contribution is 2.23. The van der Waals surface area contributed by atoms with Crippen LogP contribution in [-0.2, 0) is 9.59 Å². The molecule has 0 aliphatic carbocycles. The highest BCUT2D eigenvalue weighted by molar-refractivity contribution is 5.83. The molecule has 0 saturated heterocycles. The smallest absolute Gasteiger partial charge is 0.335 e. The Bertz CT molecular complexity index is 445. The summed E-state index contributed by atoms with van der Waals surface area (Å²) >= 11 is 0. The topological polar surface area (TPSA) is 55.7 Å². The maximum absolute atomic E-state index is 10.9. The number of hydrogen-bond donors (Lipinski definition) is 0. The Hall–Kier alpha value is -2.19. The second-order valence-electron chi connectivity index (χ2n) is 2.78. The maximum Gasteiger partial charge on any atom is 0.335 e. The molecule has 0 aromatic heterocycles. The third-order valence-corrected chi connectivity index (χ3v) is 1.71. The van der Waals surface area contributed by atoms with Gasteiger partial charge in [-0.3, -0.25) is 0 Å². The van der Waals surface area contributed by atoms with Crippen LogP contribution in [0.25, 0.3) is 0 Å². The highest BCUT2D eigenvalue weighted by Gasteiger charge is 2.04. The van der Waals surface area contributed by atoms with E-state index >= 15 is 0 Å². The van der Waals surface area contributed by atoms with Crippen LogP contribution in [-0.4, -0.2) is 12.0 Å². The first-order valence-corrected chi connectivity index (χ1v) is 4.20. The van der Waals surface area contributed by atoms with Crippen molar-refractivity contribution in [3.05, 3.63) is 36.4 Å². The van der Waals surface area contributed by atoms with Crippen LogP contribution < -0.4 is 4.74 Å². The lowest BCUT2D eigenvalue weighted by atomic mass is 10.2. The van der Waals surface area contributed by atoms with Gasteiger partial charge >= 0.3 is 5.97 Å². The molecule has 0 spiro atoms. The van der Waals surface area contributed by atoms with Gasteiger partial charge in [-0.1, -0.05) is 6.58 Å². The van der Waals surface area contributed by atoms with Gasteiger partial charge in [-0.05, 0) is 30.7 Å². The molecule has 0 saturated carbocycles. The molecule has 0 bridgehead atoms. The summed E-state index contributed by atoms with van der Waals surface area (Å²) in [4.78, 5) is 24.4. The largest absolute Gasteiger partial charge is 0.423 e. The zero-order chi connectivity index (χ0) is 11.3. The number of aliphatic imine (C=N–C) groups is 1. The molecule has 4 heteroatoms. The highest BCUT2D eigenvalue weighted by atomic mass is 16.5. The fourth-order valence-electron chi connectivity index (χ4n) is 1.02. The van der Waals surface area contributed by atoms with E-state index in [0.717, 1.165) is 6.08 Å². The monoisotopic (exact) mass is 203 g/mol. The van der Waals surface area contributed by atoms with Crippen molar-refractivity contribution in [2.75, 3.05) is 0 Å². The Labute approximate surface area is 86.9 Å². The maximum atomic E-state index is 10.9. The van der Waals surface area contributed by atoms with Gasteiger partial charge < -0.3 is 4.74 Å². The van der Waals surface area contributed by atoms with Gasteiger partial charge in [0.15, 0.2) is 0 Å². The number of carbonyl (C=O) groups excluding carboxylic acids is 2. The van der Waals surface area contributed by atoms with Crippen LogP contribution in [0.1, 0.15) is 5.56 Å². The van der Waals surface area contributed by atoms with E-state index in [4.69, 9.17) is 4.74 Å². The van der Waals surface area contributed by atoms with Crippen LogP contribution in [0.3, 0.4) is 0 Å². The van der Waals surface area contributed by atoms with E-state index in [1.54, 1.807) is 25.1 Å². The van der Waals surface area contributed by atoms with Gasteiger partial charge in [0.1, 0.15) is 5.75 Å². The lowest BCUT2D eigenvalue weighted by Crippen LogP contribution is -2.03. The molecule has 1 rings (SSSR count). The number of rotatable bonds is 3. The number of aryl methyl sites for hydroxylation is 1. The molecule has 0 aliphatic heterocycles. The molecule has 4 nitrogen and oxygen atoms in total. The minimum Gasteiger partial charge on any atom is -0.423 e. The predicted molar refractivity (Wildman–Crippen MR) is 54.8 cm³/mol. The van der Waals surface area contributed by atoms with Crippen molar-refractivity contribution in [1.29, 1.82) is 0 Å². The van der Waals surface area contributed by atoms with E-state index in [9.17, 15) is 9.59 Å². The molecule has 0 radical (unpaired) electrons. The zero-order valence-electron chi connectivity index (χ0n) is 8.19. The Morgan fingerprint density at radius 3 is 2.87 bits per heavy atom. The van der Waals surface area contributed by atoms with Crippen molar-refractivity contribution in [3.63, 3.8) is 0 Å². The Balaban J connectivity index is 2.97. The molecular weight excluding hydrogens is 194 g/mol. The van der Waals surface area contributed by atoms with E-state index in [-0.39, 0.29) is 0 Å². The summed E-state index contributed by atoms with van der Waals surface area (Å²) in [6, 6.07) is 4.74. The van der Waals surface area contributed by atoms with Crippen molar-refractivity contribution in [2.45, 2.75) is 6.92 Å². The van der Waals surface area contributed by atoms with Crippen molar-refractivity contribution >= 4 is 17.7 Å². The van der Waals surface area contributed by atoms with Gasteiger partial charge in [-0.2, -0.15) is 4.99 Å². The fourth-order valence-corrected chi connectivity index (χ4v) is 1.02. The summed E-state index contributed by atoms with van der Waals surface area (Å²) in [6.45, 7) is 5.03. The first-order chi connectivity index (χ1) is 7.17. The number of carbonyl (C=O) groups is 1. The average Bonchev–Trinajstić information content (AvgIpc) is 2.22. The molecular formula is C11H9NO3. The van der Waals surface area contributed by atoms with Gasteiger partial charge in [-0.25, -0.2) is 9.59 Å². The quantitative estimate of drug-likeness (QED) is 0.248. The first-order valence-electron chi connectivity index (χ1n) is 4.20. The van der Waals surface area contributed by atoms with Crippen LogP contribution in [0.15, 0.2) is 35.8 Å². The Morgan fingerprint density at radius 2 is 2.33 bits per heavy atom. The number of isocyanates is 1. The molecule has 76 valence electrons. The number of benzene rings is 1. The second kappa shape index (κ2) is 4.88. The summed E-state index contributed by atoms with van der Waals surface area (Å²) < 4.78 is 4.93. The molecule has 1 aromatic carbocycles. The van der Waals surface area contributed by atoms with Crippen molar-refractivity contribution in [1.82, 2.24) is 0 Å². The van der Waals surface area contributed by atoms with Crippen LogP contribution in [0.2, 0.25) is 0 Å². The predicted octanol–water partition coefficient (Wildman–Crippen LogP) is 2.05. The lowest BCUT2D eigenvalue weighted by molar-refractivity contribution is -0.129. The number of hydrogen-bond acceptors (Lipinski definition) is 4. The summed E-state index contributed by atoms with van der Waals surface area (Å²) in [5, 5.41) is 0. The summed E-state index contributed by atoms with van der Waals surface area (Å²) in [7, 11) is 0. The molecule has 0 heterocycles. The summed E-state index contributed by atoms with van der Waals surface area (Å²) in [5.74, 6) is -0.102. The van der Waals surface area contributed by atoms with Crippen molar-refractivity contribution < 1.29 is 14.3 Å². The molecule has 1 aromatic rings. The van der Waals surface area contributed by atoms with Gasteiger partial charge in [-0.15, -0.1) is 0 Å². The molecule has 0 amide bonds. The Kier molecular flexibility index (Phi) is 3.55. The van der Waals surface area contributed by atoms with Crippen molar-refractivity contribution in [2.24, 2.45) is 4.99 Å². The average molecular weight is 203 g/mol. The summed E-state index contributed by atoms with van der Waals surface area (Å²) in [6.07, 6.45) is 2.51. The van der Waals surface area contributed by atoms with Gasteiger partial charge in [0, 0.05) is 6.08 Å². The number of esters is 1. The van der Waals surface area contributed by atoms with Crippen LogP contribution in [0.5, 0.6) is 5.75 Å². The van der Waals surface area contributed by atoms with Crippen LogP contribution >= 0.6 is 0 Å². The van der Waals surface area contributed by atoms with E-state index in [1.165, 1.54) is 6.08 Å². The molecule has 15 heavy (non-hydrogen) atoms. The SMILES string of the molecule is C=CC(=O)Oc1ccc(N=C=O)cc1C. The summed E-state index contributed by atoms with van der Waals surface area (Å²) in [5.41, 5.74) is 1.18. The van der Waals surface area contributed by atoms with Crippen LogP contribution in [0.4, 0.5) is 5.69 Å². The van der Waals surface area contributed by atoms with Crippen molar-refractivity contribution in [3.8, 4) is 5.75 Å². The molecule has 0 aliphatic rings. The zero-order valence-corrected chi connectivity index (χ0v) is 8.19. The lowest BCUT2D eigenvalue weighted by Gasteiger charge is -2.04. The third kappa shape index (κ3) is 2.90.